The summed E-state index contributed by atoms with van der Waals surface area (Å²) in [7, 11) is 0. The van der Waals surface area contributed by atoms with Crippen molar-refractivity contribution in [2.45, 2.75) is 6.92 Å². The van der Waals surface area contributed by atoms with Crippen LogP contribution >= 0.6 is 11.8 Å². The van der Waals surface area contributed by atoms with Crippen molar-refractivity contribution in [2.24, 2.45) is 0 Å². The number of carbonyl (C=O) groups excluding carboxylic acids is 3. The van der Waals surface area contributed by atoms with Crippen molar-refractivity contribution in [3.05, 3.63) is 65.1 Å². The minimum absolute atomic E-state index is 0.201. The molecule has 0 aromatic heterocycles. The van der Waals surface area contributed by atoms with Gasteiger partial charge in [-0.3, -0.25) is 19.3 Å². The summed E-state index contributed by atoms with van der Waals surface area (Å²) in [6.07, 6.45) is 1.75. The summed E-state index contributed by atoms with van der Waals surface area (Å²) in [5.41, 5.74) is 0.885. The molecule has 3 aromatic rings. The minimum atomic E-state index is -0.596. The summed E-state index contributed by atoms with van der Waals surface area (Å²) in [5.74, 6) is -1.07. The summed E-state index contributed by atoms with van der Waals surface area (Å²) in [4.78, 5) is 38.0. The van der Waals surface area contributed by atoms with Crippen molar-refractivity contribution < 1.29 is 19.1 Å². The number of carbonyl (C=O) groups is 3. The highest BCUT2D eigenvalue weighted by atomic mass is 32.2. The minimum Gasteiger partial charge on any atom is -0.465 e. The molecular weight excluding hydrogens is 374 g/mol. The fourth-order valence-corrected chi connectivity index (χ4v) is 4.13. The van der Waals surface area contributed by atoms with Crippen LogP contribution in [0.5, 0.6) is 0 Å². The average Bonchev–Trinajstić information content (AvgIpc) is 2.95. The third-order valence-corrected chi connectivity index (χ3v) is 5.46. The van der Waals surface area contributed by atoms with Gasteiger partial charge in [-0.2, -0.15) is 0 Å². The van der Waals surface area contributed by atoms with Crippen LogP contribution in [0.3, 0.4) is 0 Å². The number of amides is 2. The summed E-state index contributed by atoms with van der Waals surface area (Å²) in [6, 6.07) is 18.0. The maximum absolute atomic E-state index is 12.7. The van der Waals surface area contributed by atoms with Gasteiger partial charge in [0.25, 0.3) is 11.1 Å². The predicted molar refractivity (Wildman–Crippen MR) is 111 cm³/mol. The number of thioether (sulfide) groups is 1. The van der Waals surface area contributed by atoms with Crippen LogP contribution in [0.1, 0.15) is 12.5 Å². The molecule has 2 amide bonds. The van der Waals surface area contributed by atoms with E-state index in [0.717, 1.165) is 43.8 Å². The van der Waals surface area contributed by atoms with E-state index in [2.05, 4.69) is 6.07 Å². The molecule has 6 heteroatoms. The van der Waals surface area contributed by atoms with E-state index >= 15 is 0 Å². The topological polar surface area (TPSA) is 63.7 Å². The van der Waals surface area contributed by atoms with Crippen molar-refractivity contribution in [3.8, 4) is 0 Å². The van der Waals surface area contributed by atoms with Crippen LogP contribution < -0.4 is 0 Å². The van der Waals surface area contributed by atoms with E-state index in [1.807, 2.05) is 48.5 Å². The number of hydrogen-bond donors (Lipinski definition) is 0. The second-order valence-electron chi connectivity index (χ2n) is 6.31. The first kappa shape index (κ1) is 18.3. The van der Waals surface area contributed by atoms with Gasteiger partial charge in [-0.05, 0) is 57.9 Å². The molecule has 0 aliphatic carbocycles. The molecule has 4 rings (SSSR count). The lowest BCUT2D eigenvalue weighted by molar-refractivity contribution is -0.145. The first-order valence-electron chi connectivity index (χ1n) is 8.90. The van der Waals surface area contributed by atoms with Crippen molar-refractivity contribution >= 4 is 56.5 Å². The number of ether oxygens (including phenoxy) is 1. The summed E-state index contributed by atoms with van der Waals surface area (Å²) < 4.78 is 4.86. The van der Waals surface area contributed by atoms with Crippen LogP contribution in [0.4, 0.5) is 4.79 Å². The Morgan fingerprint density at radius 3 is 2.25 bits per heavy atom. The molecule has 0 unspecified atom stereocenters. The lowest BCUT2D eigenvalue weighted by Crippen LogP contribution is -2.34. The molecular formula is C22H17NO4S. The van der Waals surface area contributed by atoms with Gasteiger partial charge in [0.2, 0.25) is 0 Å². The third kappa shape index (κ3) is 3.27. The Morgan fingerprint density at radius 2 is 1.64 bits per heavy atom. The SMILES string of the molecule is CCOC(=O)CN1C(=O)S/C(=C/c2c3ccccc3cc3ccccc23)C1=O. The molecule has 1 heterocycles. The molecule has 1 aliphatic heterocycles. The lowest BCUT2D eigenvalue weighted by atomic mass is 9.96. The van der Waals surface area contributed by atoms with Crippen LogP contribution in [0.25, 0.3) is 27.6 Å². The Balaban J connectivity index is 1.80. The highest BCUT2D eigenvalue weighted by molar-refractivity contribution is 8.18. The van der Waals surface area contributed by atoms with Crippen LogP contribution in [-0.4, -0.2) is 35.2 Å². The quantitative estimate of drug-likeness (QED) is 0.370. The maximum atomic E-state index is 12.7. The Bertz CT molecular complexity index is 1100. The van der Waals surface area contributed by atoms with Gasteiger partial charge < -0.3 is 4.74 Å². The van der Waals surface area contributed by atoms with Gasteiger partial charge in [-0.1, -0.05) is 48.5 Å². The molecule has 1 saturated heterocycles. The van der Waals surface area contributed by atoms with E-state index < -0.39 is 17.1 Å². The highest BCUT2D eigenvalue weighted by Crippen LogP contribution is 2.36. The molecule has 3 aromatic carbocycles. The van der Waals surface area contributed by atoms with E-state index in [1.54, 1.807) is 13.0 Å². The Morgan fingerprint density at radius 1 is 1.04 bits per heavy atom. The van der Waals surface area contributed by atoms with E-state index in [4.69, 9.17) is 4.74 Å². The van der Waals surface area contributed by atoms with Crippen LogP contribution in [0.2, 0.25) is 0 Å². The fraction of sp³-hybridized carbons (Fsp3) is 0.136. The average molecular weight is 391 g/mol. The molecule has 0 saturated carbocycles. The van der Waals surface area contributed by atoms with Gasteiger partial charge in [-0.25, -0.2) is 0 Å². The molecule has 0 N–H and O–H groups in total. The zero-order valence-electron chi connectivity index (χ0n) is 15.2. The van der Waals surface area contributed by atoms with E-state index in [0.29, 0.717) is 4.91 Å². The van der Waals surface area contributed by atoms with Crippen molar-refractivity contribution in [3.63, 3.8) is 0 Å². The number of rotatable bonds is 4. The molecule has 5 nitrogen and oxygen atoms in total. The zero-order valence-corrected chi connectivity index (χ0v) is 16.0. The number of benzene rings is 3. The largest absolute Gasteiger partial charge is 0.465 e. The number of nitrogens with zero attached hydrogens (tertiary/aromatic N) is 1. The first-order chi connectivity index (χ1) is 13.6. The van der Waals surface area contributed by atoms with Crippen molar-refractivity contribution in [2.75, 3.05) is 13.2 Å². The van der Waals surface area contributed by atoms with Gasteiger partial charge in [0.1, 0.15) is 6.54 Å². The van der Waals surface area contributed by atoms with Gasteiger partial charge >= 0.3 is 5.97 Å². The molecule has 0 radical (unpaired) electrons. The molecule has 0 atom stereocenters. The van der Waals surface area contributed by atoms with Crippen molar-refractivity contribution in [1.29, 1.82) is 0 Å². The highest BCUT2D eigenvalue weighted by Gasteiger charge is 2.36. The third-order valence-electron chi connectivity index (χ3n) is 4.55. The van der Waals surface area contributed by atoms with Crippen LogP contribution in [0.15, 0.2) is 59.5 Å². The van der Waals surface area contributed by atoms with E-state index in [9.17, 15) is 14.4 Å². The zero-order chi connectivity index (χ0) is 19.7. The van der Waals surface area contributed by atoms with Crippen LogP contribution in [0, 0.1) is 0 Å². The monoisotopic (exact) mass is 391 g/mol. The fourth-order valence-electron chi connectivity index (χ4n) is 3.31. The van der Waals surface area contributed by atoms with E-state index in [-0.39, 0.29) is 13.2 Å². The molecule has 1 fully saturated rings. The maximum Gasteiger partial charge on any atom is 0.326 e. The molecule has 140 valence electrons. The predicted octanol–water partition coefficient (Wildman–Crippen LogP) is 4.59. The van der Waals surface area contributed by atoms with Gasteiger partial charge in [0.05, 0.1) is 11.5 Å². The van der Waals surface area contributed by atoms with Gasteiger partial charge in [0, 0.05) is 0 Å². The second-order valence-corrected chi connectivity index (χ2v) is 7.30. The van der Waals surface area contributed by atoms with Crippen molar-refractivity contribution in [1.82, 2.24) is 4.90 Å². The molecule has 0 spiro atoms. The number of esters is 1. The number of hydrogen-bond acceptors (Lipinski definition) is 5. The van der Waals surface area contributed by atoms with E-state index in [1.165, 1.54) is 0 Å². The van der Waals surface area contributed by atoms with Gasteiger partial charge in [0.15, 0.2) is 0 Å². The van der Waals surface area contributed by atoms with Gasteiger partial charge in [-0.15, -0.1) is 0 Å². The molecule has 0 bridgehead atoms. The van der Waals surface area contributed by atoms with Crippen LogP contribution in [-0.2, 0) is 14.3 Å². The smallest absolute Gasteiger partial charge is 0.326 e. The standard InChI is InChI=1S/C22H17NO4S/c1-2-27-20(24)13-23-21(25)19(28-22(23)26)12-18-16-9-5-3-7-14(16)11-15-8-4-6-10-17(15)18/h3-12H,2,13H2,1H3/b19-12+. The number of imide groups is 1. The Kier molecular flexibility index (Phi) is 4.88. The summed E-state index contributed by atoms with van der Waals surface area (Å²) in [6.45, 7) is 1.51. The summed E-state index contributed by atoms with van der Waals surface area (Å²) >= 11 is 0.845. The number of fused-ring (bicyclic) bond motifs is 2. The molecule has 1 aliphatic rings. The first-order valence-corrected chi connectivity index (χ1v) is 9.71. The lowest BCUT2D eigenvalue weighted by Gasteiger charge is -2.11. The Hall–Kier alpha value is -3.12. The molecule has 28 heavy (non-hydrogen) atoms. The summed E-state index contributed by atoms with van der Waals surface area (Å²) in [5, 5.41) is 3.64. The normalized spacial score (nSPS) is 15.8. The second kappa shape index (κ2) is 7.48. The Labute approximate surface area is 165 Å².